The molecular formula is C13H26O2S. The zero-order valence-electron chi connectivity index (χ0n) is 11.5. The van der Waals surface area contributed by atoms with E-state index in [2.05, 4.69) is 32.9 Å². The first-order valence-corrected chi connectivity index (χ1v) is 7.51. The second-order valence-corrected chi connectivity index (χ2v) is 9.20. The Morgan fingerprint density at radius 2 is 1.50 bits per heavy atom. The van der Waals surface area contributed by atoms with Gasteiger partial charge in [0, 0.05) is 0 Å². The van der Waals surface area contributed by atoms with Gasteiger partial charge < -0.3 is 0 Å². The highest BCUT2D eigenvalue weighted by atomic mass is 32.2. The molecule has 0 saturated heterocycles. The molecule has 0 aliphatic carbocycles. The van der Waals surface area contributed by atoms with Crippen LogP contribution >= 0.6 is 0 Å². The van der Waals surface area contributed by atoms with Crippen LogP contribution in [-0.4, -0.2) is 18.9 Å². The van der Waals surface area contributed by atoms with Gasteiger partial charge in [-0.15, -0.1) is 0 Å². The van der Waals surface area contributed by atoms with Crippen molar-refractivity contribution in [3.63, 3.8) is 0 Å². The molecule has 96 valence electrons. The SMILES string of the molecule is CC(C)(C)/C=C\CCCS(=O)(=O)C(C)(C)C. The van der Waals surface area contributed by atoms with Gasteiger partial charge in [-0.1, -0.05) is 32.9 Å². The zero-order valence-corrected chi connectivity index (χ0v) is 12.3. The lowest BCUT2D eigenvalue weighted by atomic mass is 9.96. The highest BCUT2D eigenvalue weighted by Crippen LogP contribution is 2.18. The lowest BCUT2D eigenvalue weighted by Gasteiger charge is -2.18. The molecule has 0 radical (unpaired) electrons. The van der Waals surface area contributed by atoms with Gasteiger partial charge in [-0.25, -0.2) is 8.42 Å². The Morgan fingerprint density at radius 1 is 1.00 bits per heavy atom. The second kappa shape index (κ2) is 5.35. The summed E-state index contributed by atoms with van der Waals surface area (Å²) < 4.78 is 23.0. The fourth-order valence-electron chi connectivity index (χ4n) is 1.13. The first kappa shape index (κ1) is 15.7. The molecule has 0 rings (SSSR count). The number of hydrogen-bond acceptors (Lipinski definition) is 2. The van der Waals surface area contributed by atoms with Gasteiger partial charge in [-0.2, -0.15) is 0 Å². The quantitative estimate of drug-likeness (QED) is 0.561. The molecule has 0 fully saturated rings. The van der Waals surface area contributed by atoms with Crippen LogP contribution in [0.4, 0.5) is 0 Å². The third-order valence-corrected chi connectivity index (χ3v) is 5.03. The molecular weight excluding hydrogens is 220 g/mol. The van der Waals surface area contributed by atoms with Gasteiger partial charge in [-0.05, 0) is 39.0 Å². The van der Waals surface area contributed by atoms with Crippen LogP contribution in [0.2, 0.25) is 0 Å². The van der Waals surface area contributed by atoms with E-state index in [-0.39, 0.29) is 11.2 Å². The average molecular weight is 246 g/mol. The van der Waals surface area contributed by atoms with Crippen molar-refractivity contribution >= 4 is 9.84 Å². The van der Waals surface area contributed by atoms with Gasteiger partial charge in [0.25, 0.3) is 0 Å². The van der Waals surface area contributed by atoms with Crippen molar-refractivity contribution in [3.05, 3.63) is 12.2 Å². The fourth-order valence-corrected chi connectivity index (χ4v) is 2.29. The van der Waals surface area contributed by atoms with E-state index in [1.807, 2.05) is 0 Å². The Bertz CT molecular complexity index is 324. The van der Waals surface area contributed by atoms with Crippen molar-refractivity contribution < 1.29 is 8.42 Å². The molecule has 0 unspecified atom stereocenters. The molecule has 16 heavy (non-hydrogen) atoms. The van der Waals surface area contributed by atoms with Gasteiger partial charge >= 0.3 is 0 Å². The van der Waals surface area contributed by atoms with Crippen molar-refractivity contribution in [3.8, 4) is 0 Å². The van der Waals surface area contributed by atoms with E-state index in [9.17, 15) is 8.42 Å². The average Bonchev–Trinajstić information content (AvgIpc) is 1.98. The minimum absolute atomic E-state index is 0.183. The highest BCUT2D eigenvalue weighted by molar-refractivity contribution is 7.92. The van der Waals surface area contributed by atoms with E-state index < -0.39 is 14.6 Å². The minimum Gasteiger partial charge on any atom is -0.228 e. The number of hydrogen-bond donors (Lipinski definition) is 0. The molecule has 0 aromatic rings. The Balaban J connectivity index is 4.08. The summed E-state index contributed by atoms with van der Waals surface area (Å²) in [5.41, 5.74) is 0.183. The Hall–Kier alpha value is -0.310. The van der Waals surface area contributed by atoms with E-state index in [1.165, 1.54) is 0 Å². The van der Waals surface area contributed by atoms with E-state index in [0.717, 1.165) is 6.42 Å². The van der Waals surface area contributed by atoms with Crippen LogP contribution in [0.3, 0.4) is 0 Å². The minimum atomic E-state index is -2.95. The second-order valence-electron chi connectivity index (χ2n) is 6.34. The Labute approximate surface area is 101 Å². The summed E-state index contributed by atoms with van der Waals surface area (Å²) in [6.45, 7) is 11.7. The molecule has 0 aliphatic rings. The maximum Gasteiger partial charge on any atom is 0.155 e. The summed E-state index contributed by atoms with van der Waals surface area (Å²) >= 11 is 0. The van der Waals surface area contributed by atoms with Crippen molar-refractivity contribution in [2.24, 2.45) is 5.41 Å². The fraction of sp³-hybridized carbons (Fsp3) is 0.846. The van der Waals surface area contributed by atoms with Gasteiger partial charge in [-0.3, -0.25) is 0 Å². The lowest BCUT2D eigenvalue weighted by Crippen LogP contribution is -2.30. The number of allylic oxidation sites excluding steroid dienone is 2. The molecule has 0 N–H and O–H groups in total. The lowest BCUT2D eigenvalue weighted by molar-refractivity contribution is 0.541. The molecule has 0 heterocycles. The summed E-state index contributed by atoms with van der Waals surface area (Å²) in [4.78, 5) is 0. The first-order chi connectivity index (χ1) is 6.96. The molecule has 0 aromatic carbocycles. The van der Waals surface area contributed by atoms with Crippen LogP contribution in [0, 0.1) is 5.41 Å². The van der Waals surface area contributed by atoms with Crippen molar-refractivity contribution in [2.75, 3.05) is 5.75 Å². The van der Waals surface area contributed by atoms with Crippen LogP contribution in [0.15, 0.2) is 12.2 Å². The molecule has 2 nitrogen and oxygen atoms in total. The molecule has 0 spiro atoms. The van der Waals surface area contributed by atoms with Crippen molar-refractivity contribution in [2.45, 2.75) is 59.1 Å². The monoisotopic (exact) mass is 246 g/mol. The molecule has 0 atom stereocenters. The maximum absolute atomic E-state index is 11.8. The van der Waals surface area contributed by atoms with Gasteiger partial charge in [0.05, 0.1) is 10.5 Å². The number of unbranched alkanes of at least 4 members (excludes halogenated alkanes) is 1. The van der Waals surface area contributed by atoms with E-state index in [4.69, 9.17) is 0 Å². The van der Waals surface area contributed by atoms with E-state index >= 15 is 0 Å². The molecule has 0 bridgehead atoms. The van der Waals surface area contributed by atoms with Crippen LogP contribution < -0.4 is 0 Å². The predicted octanol–water partition coefficient (Wildman–Crippen LogP) is 3.58. The Morgan fingerprint density at radius 3 is 1.88 bits per heavy atom. The normalized spacial score (nSPS) is 14.6. The topological polar surface area (TPSA) is 34.1 Å². The van der Waals surface area contributed by atoms with Crippen LogP contribution in [0.5, 0.6) is 0 Å². The Kier molecular flexibility index (Phi) is 5.24. The number of rotatable bonds is 4. The molecule has 0 saturated carbocycles. The van der Waals surface area contributed by atoms with Crippen LogP contribution in [0.25, 0.3) is 0 Å². The van der Waals surface area contributed by atoms with Gasteiger partial charge in [0.2, 0.25) is 0 Å². The third-order valence-electron chi connectivity index (χ3n) is 2.33. The largest absolute Gasteiger partial charge is 0.228 e. The smallest absolute Gasteiger partial charge is 0.155 e. The zero-order chi connectivity index (χ0) is 13.0. The summed E-state index contributed by atoms with van der Waals surface area (Å²) in [5, 5.41) is 0. The molecule has 3 heteroatoms. The summed E-state index contributed by atoms with van der Waals surface area (Å²) in [5.74, 6) is 0.283. The van der Waals surface area contributed by atoms with Crippen LogP contribution in [-0.2, 0) is 9.84 Å². The van der Waals surface area contributed by atoms with Crippen molar-refractivity contribution in [1.29, 1.82) is 0 Å². The predicted molar refractivity (Wildman–Crippen MR) is 71.4 cm³/mol. The maximum atomic E-state index is 11.8. The molecule has 0 amide bonds. The summed E-state index contributed by atoms with van der Waals surface area (Å²) in [6.07, 6.45) is 5.77. The summed E-state index contributed by atoms with van der Waals surface area (Å²) in [7, 11) is -2.95. The third kappa shape index (κ3) is 6.31. The summed E-state index contributed by atoms with van der Waals surface area (Å²) in [6, 6.07) is 0. The molecule has 0 aliphatic heterocycles. The first-order valence-electron chi connectivity index (χ1n) is 5.86. The standard InChI is InChI=1S/C13H26O2S/c1-12(2,3)10-8-7-9-11-16(14,15)13(4,5)6/h8,10H,7,9,11H2,1-6H3/b10-8-. The van der Waals surface area contributed by atoms with Crippen LogP contribution in [0.1, 0.15) is 54.4 Å². The van der Waals surface area contributed by atoms with Gasteiger partial charge in [0.1, 0.15) is 0 Å². The van der Waals surface area contributed by atoms with E-state index in [0.29, 0.717) is 6.42 Å². The number of sulfone groups is 1. The molecule has 0 aromatic heterocycles. The van der Waals surface area contributed by atoms with Crippen molar-refractivity contribution in [1.82, 2.24) is 0 Å². The van der Waals surface area contributed by atoms with E-state index in [1.54, 1.807) is 20.8 Å². The highest BCUT2D eigenvalue weighted by Gasteiger charge is 2.27. The van der Waals surface area contributed by atoms with Gasteiger partial charge in [0.15, 0.2) is 9.84 Å².